The zero-order valence-corrected chi connectivity index (χ0v) is 10.1. The minimum Gasteiger partial charge on any atom is -0.293 e. The number of dihydropyridines is 1. The Morgan fingerprint density at radius 1 is 1.22 bits per heavy atom. The topological polar surface area (TPSA) is 56.0 Å². The number of aryl methyl sites for hydroxylation is 1. The first kappa shape index (κ1) is 10.8. The van der Waals surface area contributed by atoms with Crippen LogP contribution in [0.2, 0.25) is 0 Å². The molecule has 0 spiro atoms. The summed E-state index contributed by atoms with van der Waals surface area (Å²) in [5, 5.41) is 4.25. The number of hydrogen-bond acceptors (Lipinski definition) is 4. The van der Waals surface area contributed by atoms with E-state index in [1.807, 2.05) is 37.7 Å². The van der Waals surface area contributed by atoms with E-state index in [2.05, 4.69) is 20.1 Å². The Labute approximate surface area is 105 Å². The summed E-state index contributed by atoms with van der Waals surface area (Å²) in [6, 6.07) is 4.01. The van der Waals surface area contributed by atoms with Crippen molar-refractivity contribution in [2.75, 3.05) is 6.54 Å². The smallest absolute Gasteiger partial charge is 0.182 e. The highest BCUT2D eigenvalue weighted by Crippen LogP contribution is 2.20. The number of hydrogen-bond donors (Lipinski definition) is 0. The van der Waals surface area contributed by atoms with E-state index in [1.54, 1.807) is 11.0 Å². The molecule has 0 unspecified atom stereocenters. The number of allylic oxidation sites excluding steroid dienone is 1. The molecule has 5 heteroatoms. The van der Waals surface area contributed by atoms with Crippen molar-refractivity contribution in [3.63, 3.8) is 0 Å². The summed E-state index contributed by atoms with van der Waals surface area (Å²) in [5.74, 6) is 0.704. The Morgan fingerprint density at radius 3 is 2.78 bits per heavy atom. The van der Waals surface area contributed by atoms with Gasteiger partial charge in [0.05, 0.1) is 5.69 Å². The van der Waals surface area contributed by atoms with Gasteiger partial charge in [-0.3, -0.25) is 14.7 Å². The number of pyridine rings is 1. The number of nitrogens with zero attached hydrogens (tertiary/aromatic N) is 5. The molecule has 3 heterocycles. The molecule has 1 aliphatic rings. The van der Waals surface area contributed by atoms with E-state index in [-0.39, 0.29) is 0 Å². The van der Waals surface area contributed by atoms with Gasteiger partial charge in [-0.25, -0.2) is 4.98 Å². The fourth-order valence-electron chi connectivity index (χ4n) is 1.89. The molecule has 0 aromatic carbocycles. The van der Waals surface area contributed by atoms with Crippen LogP contribution in [0.5, 0.6) is 0 Å². The van der Waals surface area contributed by atoms with Crippen molar-refractivity contribution in [3.05, 3.63) is 36.4 Å². The predicted octanol–water partition coefficient (Wildman–Crippen LogP) is 1.73. The van der Waals surface area contributed by atoms with Gasteiger partial charge < -0.3 is 0 Å². The number of aromatic nitrogens is 4. The van der Waals surface area contributed by atoms with Crippen LogP contribution in [0.15, 0.2) is 35.7 Å². The monoisotopic (exact) mass is 239 g/mol. The van der Waals surface area contributed by atoms with Crippen LogP contribution in [0, 0.1) is 0 Å². The first-order chi connectivity index (χ1) is 8.83. The second kappa shape index (κ2) is 4.52. The molecule has 3 rings (SSSR count). The van der Waals surface area contributed by atoms with Crippen LogP contribution in [-0.4, -0.2) is 32.5 Å². The molecule has 0 amide bonds. The first-order valence-electron chi connectivity index (χ1n) is 5.84. The average Bonchev–Trinajstić information content (AvgIpc) is 2.87. The van der Waals surface area contributed by atoms with Gasteiger partial charge in [0.15, 0.2) is 5.82 Å². The highest BCUT2D eigenvalue weighted by Gasteiger charge is 2.07. The van der Waals surface area contributed by atoms with E-state index in [9.17, 15) is 0 Å². The number of aliphatic imine (C=N–C) groups is 1. The average molecular weight is 239 g/mol. The molecule has 18 heavy (non-hydrogen) atoms. The lowest BCUT2D eigenvalue weighted by Gasteiger charge is -2.07. The van der Waals surface area contributed by atoms with Crippen LogP contribution >= 0.6 is 0 Å². The van der Waals surface area contributed by atoms with E-state index in [4.69, 9.17) is 0 Å². The molecule has 0 radical (unpaired) electrons. The molecule has 0 saturated heterocycles. The van der Waals surface area contributed by atoms with Gasteiger partial charge in [0, 0.05) is 31.6 Å². The van der Waals surface area contributed by atoms with Crippen molar-refractivity contribution in [3.8, 4) is 11.4 Å². The summed E-state index contributed by atoms with van der Waals surface area (Å²) < 4.78 is 1.68. The van der Waals surface area contributed by atoms with Crippen molar-refractivity contribution in [1.82, 2.24) is 19.7 Å². The third kappa shape index (κ3) is 2.07. The lowest BCUT2D eigenvalue weighted by Crippen LogP contribution is -1.97. The number of rotatable bonds is 2. The fraction of sp³-hybridized carbons (Fsp3) is 0.231. The summed E-state index contributed by atoms with van der Waals surface area (Å²) in [7, 11) is 1.85. The van der Waals surface area contributed by atoms with Gasteiger partial charge in [-0.2, -0.15) is 5.10 Å². The van der Waals surface area contributed by atoms with Crippen LogP contribution in [0.4, 0.5) is 0 Å². The standard InChI is InChI=1S/C13H13N5/c1-18-9-16-13(17-18)11-2-3-12(15-8-11)10-4-6-14-7-5-10/h2-4,6,8-9H,5,7H2,1H3. The molecule has 0 aliphatic carbocycles. The van der Waals surface area contributed by atoms with Crippen LogP contribution in [-0.2, 0) is 7.05 Å². The molecule has 0 saturated carbocycles. The minimum atomic E-state index is 0.704. The van der Waals surface area contributed by atoms with Crippen LogP contribution in [0.3, 0.4) is 0 Å². The molecule has 90 valence electrons. The molecule has 0 atom stereocenters. The summed E-state index contributed by atoms with van der Waals surface area (Å²) >= 11 is 0. The SMILES string of the molecule is Cn1cnc(-c2ccc(C3=CC=NCC3)nc2)n1. The van der Waals surface area contributed by atoms with Crippen LogP contribution in [0.1, 0.15) is 12.1 Å². The molecule has 0 fully saturated rings. The second-order valence-corrected chi connectivity index (χ2v) is 4.17. The third-order valence-electron chi connectivity index (χ3n) is 2.84. The van der Waals surface area contributed by atoms with E-state index in [1.165, 1.54) is 5.57 Å². The van der Waals surface area contributed by atoms with Gasteiger partial charge in [0.1, 0.15) is 6.33 Å². The molecule has 2 aromatic rings. The van der Waals surface area contributed by atoms with Gasteiger partial charge in [-0.05, 0) is 30.2 Å². The van der Waals surface area contributed by atoms with Crippen LogP contribution < -0.4 is 0 Å². The van der Waals surface area contributed by atoms with E-state index in [0.29, 0.717) is 5.82 Å². The highest BCUT2D eigenvalue weighted by molar-refractivity contribution is 5.85. The Morgan fingerprint density at radius 2 is 2.17 bits per heavy atom. The summed E-state index contributed by atoms with van der Waals surface area (Å²) in [6.45, 7) is 0.844. The Hall–Kier alpha value is -2.30. The summed E-state index contributed by atoms with van der Waals surface area (Å²) in [6.07, 6.45) is 8.31. The first-order valence-corrected chi connectivity index (χ1v) is 5.84. The minimum absolute atomic E-state index is 0.704. The Balaban J connectivity index is 1.89. The lowest BCUT2D eigenvalue weighted by atomic mass is 10.1. The molecule has 0 N–H and O–H groups in total. The van der Waals surface area contributed by atoms with Gasteiger partial charge in [-0.15, -0.1) is 0 Å². The quantitative estimate of drug-likeness (QED) is 0.802. The van der Waals surface area contributed by atoms with Crippen molar-refractivity contribution in [2.24, 2.45) is 12.0 Å². The zero-order chi connectivity index (χ0) is 12.4. The van der Waals surface area contributed by atoms with Gasteiger partial charge >= 0.3 is 0 Å². The highest BCUT2D eigenvalue weighted by atomic mass is 15.3. The van der Waals surface area contributed by atoms with Gasteiger partial charge in [0.25, 0.3) is 0 Å². The van der Waals surface area contributed by atoms with Crippen molar-refractivity contribution in [1.29, 1.82) is 0 Å². The molecule has 5 nitrogen and oxygen atoms in total. The largest absolute Gasteiger partial charge is 0.293 e. The fourth-order valence-corrected chi connectivity index (χ4v) is 1.89. The van der Waals surface area contributed by atoms with Gasteiger partial charge in [-0.1, -0.05) is 0 Å². The van der Waals surface area contributed by atoms with Crippen molar-refractivity contribution < 1.29 is 0 Å². The summed E-state index contributed by atoms with van der Waals surface area (Å²) in [4.78, 5) is 12.8. The molecular formula is C13H13N5. The molecule has 1 aliphatic heterocycles. The van der Waals surface area contributed by atoms with E-state index in [0.717, 1.165) is 24.2 Å². The van der Waals surface area contributed by atoms with Crippen molar-refractivity contribution >= 4 is 11.8 Å². The summed E-state index contributed by atoms with van der Waals surface area (Å²) in [5.41, 5.74) is 3.16. The molecule has 0 bridgehead atoms. The van der Waals surface area contributed by atoms with E-state index < -0.39 is 0 Å². The zero-order valence-electron chi connectivity index (χ0n) is 10.1. The normalized spacial score (nSPS) is 14.6. The third-order valence-corrected chi connectivity index (χ3v) is 2.84. The molecular weight excluding hydrogens is 226 g/mol. The maximum atomic E-state index is 4.47. The maximum Gasteiger partial charge on any atom is 0.182 e. The van der Waals surface area contributed by atoms with Crippen molar-refractivity contribution in [2.45, 2.75) is 6.42 Å². The Kier molecular flexibility index (Phi) is 2.72. The Bertz CT molecular complexity index is 607. The maximum absolute atomic E-state index is 4.47. The second-order valence-electron chi connectivity index (χ2n) is 4.17. The lowest BCUT2D eigenvalue weighted by molar-refractivity contribution is 0.768. The van der Waals surface area contributed by atoms with E-state index >= 15 is 0 Å². The van der Waals surface area contributed by atoms with Gasteiger partial charge in [0.2, 0.25) is 0 Å². The van der Waals surface area contributed by atoms with Crippen LogP contribution in [0.25, 0.3) is 17.0 Å². The molecule has 2 aromatic heterocycles. The predicted molar refractivity (Wildman–Crippen MR) is 70.2 cm³/mol.